The number of nitrogens with zero attached hydrogens (tertiary/aromatic N) is 4. The molecule has 2 aromatic heterocycles. The molecule has 2 aromatic carbocycles. The highest BCUT2D eigenvalue weighted by molar-refractivity contribution is 6.33. The average Bonchev–Trinajstić information content (AvgIpc) is 3.27. The van der Waals surface area contributed by atoms with Gasteiger partial charge in [0, 0.05) is 5.56 Å². The molecule has 0 radical (unpaired) electrons. The SMILES string of the molecule is Cc1ccc(-c2nc(Cn3nnc(C(=O)Nc4ccccc4Cl)c3N)c(C)o2)cc1. The summed E-state index contributed by atoms with van der Waals surface area (Å²) in [5.41, 5.74) is 9.27. The number of oxazole rings is 1. The maximum atomic E-state index is 12.5. The van der Waals surface area contributed by atoms with E-state index in [0.29, 0.717) is 28.1 Å². The summed E-state index contributed by atoms with van der Waals surface area (Å²) in [5.74, 6) is 0.781. The van der Waals surface area contributed by atoms with Crippen LogP contribution in [0.5, 0.6) is 0 Å². The lowest BCUT2D eigenvalue weighted by atomic mass is 10.1. The lowest BCUT2D eigenvalue weighted by Gasteiger charge is -2.05. The van der Waals surface area contributed by atoms with Crippen molar-refractivity contribution in [3.05, 3.63) is 76.3 Å². The van der Waals surface area contributed by atoms with Crippen LogP contribution < -0.4 is 11.1 Å². The summed E-state index contributed by atoms with van der Waals surface area (Å²) in [6, 6.07) is 14.8. The van der Waals surface area contributed by atoms with Crippen molar-refractivity contribution in [1.29, 1.82) is 0 Å². The highest BCUT2D eigenvalue weighted by Crippen LogP contribution is 2.24. The molecule has 0 bridgehead atoms. The topological polar surface area (TPSA) is 112 Å². The molecule has 0 spiro atoms. The third kappa shape index (κ3) is 3.90. The minimum absolute atomic E-state index is 0.00910. The molecule has 9 heteroatoms. The predicted molar refractivity (Wildman–Crippen MR) is 114 cm³/mol. The second-order valence-electron chi connectivity index (χ2n) is 6.80. The lowest BCUT2D eigenvalue weighted by Crippen LogP contribution is -2.15. The molecule has 8 nitrogen and oxygen atoms in total. The summed E-state index contributed by atoms with van der Waals surface area (Å²) >= 11 is 6.08. The Morgan fingerprint density at radius 2 is 1.90 bits per heavy atom. The van der Waals surface area contributed by atoms with Crippen LogP contribution in [0.3, 0.4) is 0 Å². The molecule has 0 aliphatic carbocycles. The zero-order valence-electron chi connectivity index (χ0n) is 16.4. The van der Waals surface area contributed by atoms with Gasteiger partial charge in [0.25, 0.3) is 5.91 Å². The third-order valence-electron chi connectivity index (χ3n) is 4.60. The van der Waals surface area contributed by atoms with Crippen molar-refractivity contribution < 1.29 is 9.21 Å². The minimum atomic E-state index is -0.496. The number of aryl methyl sites for hydroxylation is 2. The van der Waals surface area contributed by atoms with Crippen LogP contribution in [0.15, 0.2) is 52.9 Å². The number of amides is 1. The summed E-state index contributed by atoms with van der Waals surface area (Å²) < 4.78 is 7.20. The number of carbonyl (C=O) groups excluding carboxylic acids is 1. The number of rotatable bonds is 5. The van der Waals surface area contributed by atoms with Crippen LogP contribution in [-0.2, 0) is 6.54 Å². The Labute approximate surface area is 177 Å². The number of hydrogen-bond donors (Lipinski definition) is 2. The Hall–Kier alpha value is -3.65. The number of benzene rings is 2. The van der Waals surface area contributed by atoms with E-state index in [-0.39, 0.29) is 18.1 Å². The van der Waals surface area contributed by atoms with Crippen LogP contribution >= 0.6 is 11.6 Å². The highest BCUT2D eigenvalue weighted by Gasteiger charge is 2.20. The van der Waals surface area contributed by atoms with Gasteiger partial charge in [0.1, 0.15) is 11.5 Å². The van der Waals surface area contributed by atoms with Gasteiger partial charge in [-0.25, -0.2) is 9.67 Å². The van der Waals surface area contributed by atoms with E-state index in [1.54, 1.807) is 24.3 Å². The maximum absolute atomic E-state index is 12.5. The van der Waals surface area contributed by atoms with Crippen molar-refractivity contribution in [1.82, 2.24) is 20.0 Å². The molecule has 1 amide bonds. The highest BCUT2D eigenvalue weighted by atomic mass is 35.5. The molecule has 0 aliphatic heterocycles. The van der Waals surface area contributed by atoms with Crippen LogP contribution in [0.25, 0.3) is 11.5 Å². The van der Waals surface area contributed by atoms with E-state index in [9.17, 15) is 4.79 Å². The normalized spacial score (nSPS) is 10.9. The predicted octanol–water partition coefficient (Wildman–Crippen LogP) is 4.09. The van der Waals surface area contributed by atoms with Gasteiger partial charge >= 0.3 is 0 Å². The third-order valence-corrected chi connectivity index (χ3v) is 4.93. The second-order valence-corrected chi connectivity index (χ2v) is 7.21. The molecule has 0 saturated heterocycles. The zero-order chi connectivity index (χ0) is 21.3. The van der Waals surface area contributed by atoms with E-state index >= 15 is 0 Å². The fraction of sp³-hybridized carbons (Fsp3) is 0.143. The number of halogens is 1. The molecule has 3 N–H and O–H groups in total. The van der Waals surface area contributed by atoms with Gasteiger partial charge in [0.2, 0.25) is 5.89 Å². The van der Waals surface area contributed by atoms with Crippen molar-refractivity contribution in [3.63, 3.8) is 0 Å². The van der Waals surface area contributed by atoms with Crippen LogP contribution in [0.1, 0.15) is 27.5 Å². The first kappa shape index (κ1) is 19.7. The second kappa shape index (κ2) is 8.00. The number of anilines is 2. The van der Waals surface area contributed by atoms with Gasteiger partial charge in [-0.15, -0.1) is 5.10 Å². The van der Waals surface area contributed by atoms with Crippen molar-refractivity contribution >= 4 is 29.0 Å². The number of nitrogen functional groups attached to an aromatic ring is 1. The first-order valence-corrected chi connectivity index (χ1v) is 9.58. The van der Waals surface area contributed by atoms with Crippen LogP contribution in [0.4, 0.5) is 11.5 Å². The van der Waals surface area contributed by atoms with Crippen molar-refractivity contribution in [2.75, 3.05) is 11.1 Å². The Kier molecular flexibility index (Phi) is 5.24. The quantitative estimate of drug-likeness (QED) is 0.501. The summed E-state index contributed by atoms with van der Waals surface area (Å²) in [7, 11) is 0. The lowest BCUT2D eigenvalue weighted by molar-refractivity contribution is 0.102. The summed E-state index contributed by atoms with van der Waals surface area (Å²) in [6.07, 6.45) is 0. The van der Waals surface area contributed by atoms with E-state index in [1.165, 1.54) is 4.68 Å². The Morgan fingerprint density at radius 1 is 1.17 bits per heavy atom. The van der Waals surface area contributed by atoms with Crippen LogP contribution in [0, 0.1) is 13.8 Å². The zero-order valence-corrected chi connectivity index (χ0v) is 17.1. The van der Waals surface area contributed by atoms with E-state index in [4.69, 9.17) is 21.8 Å². The van der Waals surface area contributed by atoms with Crippen molar-refractivity contribution in [2.45, 2.75) is 20.4 Å². The van der Waals surface area contributed by atoms with Gasteiger partial charge in [0.05, 0.1) is 17.3 Å². The molecule has 4 aromatic rings. The first-order valence-electron chi connectivity index (χ1n) is 9.20. The summed E-state index contributed by atoms with van der Waals surface area (Å²) in [6.45, 7) is 4.06. The van der Waals surface area contributed by atoms with Gasteiger partial charge in [0.15, 0.2) is 11.5 Å². The fourth-order valence-corrected chi connectivity index (χ4v) is 3.06. The number of hydrogen-bond acceptors (Lipinski definition) is 6. The number of nitrogens with one attached hydrogen (secondary N) is 1. The van der Waals surface area contributed by atoms with Crippen molar-refractivity contribution in [2.24, 2.45) is 0 Å². The molecule has 0 aliphatic rings. The van der Waals surface area contributed by atoms with Gasteiger partial charge in [-0.3, -0.25) is 4.79 Å². The number of para-hydroxylation sites is 1. The van der Waals surface area contributed by atoms with Gasteiger partial charge in [-0.2, -0.15) is 0 Å². The molecule has 30 heavy (non-hydrogen) atoms. The van der Waals surface area contributed by atoms with Gasteiger partial charge in [-0.05, 0) is 38.1 Å². The first-order chi connectivity index (χ1) is 14.4. The molecular weight excluding hydrogens is 404 g/mol. The monoisotopic (exact) mass is 422 g/mol. The van der Waals surface area contributed by atoms with E-state index in [2.05, 4.69) is 20.6 Å². The molecular formula is C21H19ClN6O2. The molecule has 0 saturated carbocycles. The van der Waals surface area contributed by atoms with Gasteiger partial charge in [-0.1, -0.05) is 46.6 Å². The summed E-state index contributed by atoms with van der Waals surface area (Å²) in [5, 5.41) is 11.0. The van der Waals surface area contributed by atoms with E-state index in [0.717, 1.165) is 11.1 Å². The van der Waals surface area contributed by atoms with Crippen molar-refractivity contribution in [3.8, 4) is 11.5 Å². The van der Waals surface area contributed by atoms with Crippen LogP contribution in [-0.4, -0.2) is 25.9 Å². The molecule has 4 rings (SSSR count). The van der Waals surface area contributed by atoms with Crippen LogP contribution in [0.2, 0.25) is 5.02 Å². The molecule has 0 fully saturated rings. The van der Waals surface area contributed by atoms with E-state index < -0.39 is 5.91 Å². The van der Waals surface area contributed by atoms with E-state index in [1.807, 2.05) is 38.1 Å². The Balaban J connectivity index is 1.54. The number of carbonyl (C=O) groups is 1. The Morgan fingerprint density at radius 3 is 2.63 bits per heavy atom. The van der Waals surface area contributed by atoms with Gasteiger partial charge < -0.3 is 15.5 Å². The molecule has 0 unspecified atom stereocenters. The largest absolute Gasteiger partial charge is 0.441 e. The average molecular weight is 423 g/mol. The molecule has 2 heterocycles. The Bertz CT molecular complexity index is 1210. The standard InChI is InChI=1S/C21H19ClN6O2/c1-12-7-9-14(10-8-12)21-25-17(13(2)30-21)11-28-19(23)18(26-27-28)20(29)24-16-6-4-3-5-15(16)22/h3-10H,11,23H2,1-2H3,(H,24,29). The molecule has 152 valence electrons. The molecule has 0 atom stereocenters. The smallest absolute Gasteiger partial charge is 0.280 e. The minimum Gasteiger partial charge on any atom is -0.441 e. The number of aromatic nitrogens is 4. The summed E-state index contributed by atoms with van der Waals surface area (Å²) in [4.78, 5) is 17.1. The fourth-order valence-electron chi connectivity index (χ4n) is 2.88. The number of nitrogens with two attached hydrogens (primary N) is 1. The maximum Gasteiger partial charge on any atom is 0.280 e.